The van der Waals surface area contributed by atoms with Crippen LogP contribution in [0.3, 0.4) is 0 Å². The summed E-state index contributed by atoms with van der Waals surface area (Å²) < 4.78 is 26.1. The molecule has 2 aromatic carbocycles. The van der Waals surface area contributed by atoms with Crippen LogP contribution >= 0.6 is 23.2 Å². The number of benzene rings is 2. The van der Waals surface area contributed by atoms with Crippen LogP contribution in [0.25, 0.3) is 0 Å². The van der Waals surface area contributed by atoms with E-state index in [1.165, 1.54) is 23.1 Å². The first-order valence-corrected chi connectivity index (χ1v) is 13.5. The van der Waals surface area contributed by atoms with E-state index in [4.69, 9.17) is 23.2 Å². The van der Waals surface area contributed by atoms with Crippen LogP contribution in [0, 0.1) is 12.8 Å². The van der Waals surface area contributed by atoms with E-state index in [-0.39, 0.29) is 29.1 Å². The fourth-order valence-corrected chi connectivity index (χ4v) is 4.74. The van der Waals surface area contributed by atoms with Crippen molar-refractivity contribution in [3.8, 4) is 0 Å². The highest BCUT2D eigenvalue weighted by molar-refractivity contribution is 7.92. The van der Waals surface area contributed by atoms with E-state index < -0.39 is 28.5 Å². The standard InChI is InChI=1S/C24H31Cl2N3O4S/c1-16(2)13-27-24(31)18(4)28(14-19-8-6-7-17(3)11-19)23(30)15-29(34(5,32)33)22-10-9-20(25)12-21(22)26/h6-12,16,18H,13-15H2,1-5H3,(H,27,31)/t18-/m0/s1. The predicted octanol–water partition coefficient (Wildman–Crippen LogP) is 4.26. The number of hydrogen-bond donors (Lipinski definition) is 1. The molecule has 0 saturated heterocycles. The zero-order chi connectivity index (χ0) is 25.6. The quantitative estimate of drug-likeness (QED) is 0.500. The first kappa shape index (κ1) is 28.0. The van der Waals surface area contributed by atoms with Crippen molar-refractivity contribution in [3.05, 3.63) is 63.6 Å². The summed E-state index contributed by atoms with van der Waals surface area (Å²) in [4.78, 5) is 27.7. The van der Waals surface area contributed by atoms with E-state index >= 15 is 0 Å². The lowest BCUT2D eigenvalue weighted by Gasteiger charge is -2.32. The van der Waals surface area contributed by atoms with Gasteiger partial charge in [-0.3, -0.25) is 13.9 Å². The van der Waals surface area contributed by atoms with Crippen molar-refractivity contribution >= 4 is 50.7 Å². The zero-order valence-electron chi connectivity index (χ0n) is 20.0. The van der Waals surface area contributed by atoms with E-state index in [0.717, 1.165) is 21.7 Å². The molecule has 0 fully saturated rings. The molecule has 0 heterocycles. The highest BCUT2D eigenvalue weighted by Gasteiger charge is 2.30. The van der Waals surface area contributed by atoms with Gasteiger partial charge in [0.15, 0.2) is 0 Å². The maximum Gasteiger partial charge on any atom is 0.244 e. The molecule has 34 heavy (non-hydrogen) atoms. The molecule has 2 rings (SSSR count). The summed E-state index contributed by atoms with van der Waals surface area (Å²) in [5, 5.41) is 3.28. The van der Waals surface area contributed by atoms with Crippen LogP contribution in [0.4, 0.5) is 5.69 Å². The van der Waals surface area contributed by atoms with Gasteiger partial charge in [-0.2, -0.15) is 0 Å². The number of nitrogens with one attached hydrogen (secondary N) is 1. The SMILES string of the molecule is Cc1cccc(CN(C(=O)CN(c2ccc(Cl)cc2Cl)S(C)(=O)=O)[C@@H](C)C(=O)NCC(C)C)c1. The van der Waals surface area contributed by atoms with Gasteiger partial charge < -0.3 is 10.2 Å². The van der Waals surface area contributed by atoms with Gasteiger partial charge in [0, 0.05) is 18.1 Å². The number of halogens is 2. The van der Waals surface area contributed by atoms with Gasteiger partial charge in [0.2, 0.25) is 21.8 Å². The van der Waals surface area contributed by atoms with Crippen molar-refractivity contribution in [1.82, 2.24) is 10.2 Å². The lowest BCUT2D eigenvalue weighted by atomic mass is 10.1. The van der Waals surface area contributed by atoms with Crippen LogP contribution < -0.4 is 9.62 Å². The van der Waals surface area contributed by atoms with Crippen LogP contribution in [-0.4, -0.2) is 50.5 Å². The van der Waals surface area contributed by atoms with Gasteiger partial charge in [0.25, 0.3) is 0 Å². The minimum atomic E-state index is -3.87. The first-order valence-electron chi connectivity index (χ1n) is 10.8. The Morgan fingerprint density at radius 3 is 2.29 bits per heavy atom. The second-order valence-corrected chi connectivity index (χ2v) is 11.4. The van der Waals surface area contributed by atoms with Crippen molar-refractivity contribution in [2.75, 3.05) is 23.7 Å². The molecule has 1 N–H and O–H groups in total. The molecule has 1 atom stereocenters. The Labute approximate surface area is 212 Å². The molecule has 2 aromatic rings. The molecule has 0 aromatic heterocycles. The predicted molar refractivity (Wildman–Crippen MR) is 138 cm³/mol. The summed E-state index contributed by atoms with van der Waals surface area (Å²) in [6.45, 7) is 7.59. The second-order valence-electron chi connectivity index (χ2n) is 8.69. The molecule has 0 aliphatic carbocycles. The Balaban J connectivity index is 2.40. The smallest absolute Gasteiger partial charge is 0.244 e. The van der Waals surface area contributed by atoms with Crippen LogP contribution in [0.1, 0.15) is 31.9 Å². The van der Waals surface area contributed by atoms with Gasteiger partial charge in [-0.1, -0.05) is 66.9 Å². The van der Waals surface area contributed by atoms with E-state index in [0.29, 0.717) is 11.6 Å². The number of rotatable bonds is 10. The zero-order valence-corrected chi connectivity index (χ0v) is 22.3. The summed E-state index contributed by atoms with van der Waals surface area (Å²) >= 11 is 12.2. The maximum atomic E-state index is 13.5. The van der Waals surface area contributed by atoms with Crippen LogP contribution in [0.5, 0.6) is 0 Å². The summed E-state index contributed by atoms with van der Waals surface area (Å²) in [6.07, 6.45) is 0.995. The lowest BCUT2D eigenvalue weighted by molar-refractivity contribution is -0.139. The third-order valence-corrected chi connectivity index (χ3v) is 6.81. The Morgan fingerprint density at radius 1 is 1.06 bits per heavy atom. The number of carbonyl (C=O) groups excluding carboxylic acids is 2. The monoisotopic (exact) mass is 527 g/mol. The van der Waals surface area contributed by atoms with Gasteiger partial charge in [-0.05, 0) is 43.5 Å². The highest BCUT2D eigenvalue weighted by Crippen LogP contribution is 2.30. The number of amides is 2. The summed E-state index contributed by atoms with van der Waals surface area (Å²) in [5.41, 5.74) is 1.97. The van der Waals surface area contributed by atoms with Gasteiger partial charge in [-0.25, -0.2) is 8.42 Å². The van der Waals surface area contributed by atoms with Crippen LogP contribution in [0.2, 0.25) is 10.0 Å². The topological polar surface area (TPSA) is 86.8 Å². The summed E-state index contributed by atoms with van der Waals surface area (Å²) in [6, 6.07) is 11.1. The van der Waals surface area contributed by atoms with Crippen LogP contribution in [-0.2, 0) is 26.2 Å². The average Bonchev–Trinajstić information content (AvgIpc) is 2.73. The fourth-order valence-electron chi connectivity index (χ4n) is 3.32. The van der Waals surface area contributed by atoms with E-state index in [1.54, 1.807) is 6.92 Å². The molecule has 2 amide bonds. The normalized spacial score (nSPS) is 12.4. The number of carbonyl (C=O) groups is 2. The lowest BCUT2D eigenvalue weighted by Crippen LogP contribution is -2.51. The molecule has 0 radical (unpaired) electrons. The van der Waals surface area contributed by atoms with Gasteiger partial charge in [0.05, 0.1) is 17.0 Å². The van der Waals surface area contributed by atoms with E-state index in [2.05, 4.69) is 5.32 Å². The minimum Gasteiger partial charge on any atom is -0.354 e. The number of sulfonamides is 1. The molecule has 7 nitrogen and oxygen atoms in total. The number of aryl methyl sites for hydroxylation is 1. The Morgan fingerprint density at radius 2 is 1.74 bits per heavy atom. The van der Waals surface area contributed by atoms with Crippen molar-refractivity contribution in [2.45, 2.75) is 40.3 Å². The number of hydrogen-bond acceptors (Lipinski definition) is 4. The molecule has 0 aliphatic rings. The number of nitrogens with zero attached hydrogens (tertiary/aromatic N) is 2. The van der Waals surface area contributed by atoms with Gasteiger partial charge >= 0.3 is 0 Å². The molecular weight excluding hydrogens is 497 g/mol. The van der Waals surface area contributed by atoms with E-state index in [9.17, 15) is 18.0 Å². The second kappa shape index (κ2) is 11.9. The molecule has 0 bridgehead atoms. The fraction of sp³-hybridized carbons (Fsp3) is 0.417. The maximum absolute atomic E-state index is 13.5. The molecule has 10 heteroatoms. The first-order chi connectivity index (χ1) is 15.8. The average molecular weight is 529 g/mol. The largest absolute Gasteiger partial charge is 0.354 e. The van der Waals surface area contributed by atoms with Gasteiger partial charge in [-0.15, -0.1) is 0 Å². The Bertz CT molecular complexity index is 1140. The van der Waals surface area contributed by atoms with Crippen molar-refractivity contribution in [2.24, 2.45) is 5.92 Å². The van der Waals surface area contributed by atoms with Crippen LogP contribution in [0.15, 0.2) is 42.5 Å². The molecular formula is C24H31Cl2N3O4S. The van der Waals surface area contributed by atoms with Crippen molar-refractivity contribution in [1.29, 1.82) is 0 Å². The van der Waals surface area contributed by atoms with Gasteiger partial charge in [0.1, 0.15) is 12.6 Å². The third-order valence-electron chi connectivity index (χ3n) is 5.14. The van der Waals surface area contributed by atoms with E-state index in [1.807, 2.05) is 45.0 Å². The molecule has 186 valence electrons. The summed E-state index contributed by atoms with van der Waals surface area (Å²) in [5.74, 6) is -0.611. The minimum absolute atomic E-state index is 0.0960. The Kier molecular flexibility index (Phi) is 9.79. The summed E-state index contributed by atoms with van der Waals surface area (Å²) in [7, 11) is -3.87. The van der Waals surface area contributed by atoms with Crippen molar-refractivity contribution in [3.63, 3.8) is 0 Å². The highest BCUT2D eigenvalue weighted by atomic mass is 35.5. The molecule has 0 aliphatic heterocycles. The molecule has 0 unspecified atom stereocenters. The molecule has 0 saturated carbocycles. The van der Waals surface area contributed by atoms with Crippen molar-refractivity contribution < 1.29 is 18.0 Å². The Hall–Kier alpha value is -2.29. The molecule has 0 spiro atoms. The number of anilines is 1. The third kappa shape index (κ3) is 7.89.